The number of carbonyl (C=O) groups is 2. The number of benzene rings is 2. The van der Waals surface area contributed by atoms with Crippen molar-refractivity contribution in [2.24, 2.45) is 11.1 Å². The minimum Gasteiger partial charge on any atom is -0.366 e. The Bertz CT molecular complexity index is 1070. The van der Waals surface area contributed by atoms with Gasteiger partial charge < -0.3 is 16.0 Å². The van der Waals surface area contributed by atoms with Crippen LogP contribution in [-0.4, -0.2) is 49.6 Å². The number of halogens is 4. The number of hydrogen-bond donors (Lipinski definition) is 2. The van der Waals surface area contributed by atoms with E-state index in [1.807, 2.05) is 19.0 Å². The summed E-state index contributed by atoms with van der Waals surface area (Å²) < 4.78 is 42.0. The van der Waals surface area contributed by atoms with Gasteiger partial charge in [0, 0.05) is 35.5 Å². The largest absolute Gasteiger partial charge is 0.395 e. The molecule has 2 atom stereocenters. The lowest BCUT2D eigenvalue weighted by Gasteiger charge is -2.30. The number of likely N-dealkylation sites (N-methyl/N-ethyl adjacent to an activating group) is 1. The molecule has 0 spiro atoms. The van der Waals surface area contributed by atoms with E-state index >= 15 is 0 Å². The van der Waals surface area contributed by atoms with E-state index in [0.717, 1.165) is 11.1 Å². The zero-order valence-electron chi connectivity index (χ0n) is 20.1. The first kappa shape index (κ1) is 27.0. The highest BCUT2D eigenvalue weighted by Crippen LogP contribution is 2.66. The van der Waals surface area contributed by atoms with Gasteiger partial charge in [-0.1, -0.05) is 35.9 Å². The zero-order valence-corrected chi connectivity index (χ0v) is 20.8. The molecule has 35 heavy (non-hydrogen) atoms. The monoisotopic (exact) mass is 509 g/mol. The lowest BCUT2D eigenvalue weighted by molar-refractivity contribution is -0.194. The van der Waals surface area contributed by atoms with Crippen molar-refractivity contribution in [3.63, 3.8) is 0 Å². The quantitative estimate of drug-likeness (QED) is 0.480. The summed E-state index contributed by atoms with van der Waals surface area (Å²) in [5, 5.41) is 3.23. The van der Waals surface area contributed by atoms with Gasteiger partial charge in [-0.3, -0.25) is 9.59 Å². The molecule has 0 aliphatic heterocycles. The van der Waals surface area contributed by atoms with Crippen LogP contribution in [0.3, 0.4) is 0 Å². The average molecular weight is 510 g/mol. The molecular formula is C26H31ClF3N3O2. The van der Waals surface area contributed by atoms with Crippen molar-refractivity contribution < 1.29 is 22.8 Å². The van der Waals surface area contributed by atoms with Crippen molar-refractivity contribution in [3.05, 3.63) is 69.7 Å². The number of nitrogens with one attached hydrogen (secondary N) is 1. The third-order valence-corrected chi connectivity index (χ3v) is 7.39. The van der Waals surface area contributed by atoms with Gasteiger partial charge in [0.2, 0.25) is 11.8 Å². The van der Waals surface area contributed by atoms with Crippen LogP contribution in [0, 0.1) is 12.3 Å². The molecule has 0 bridgehead atoms. The number of aryl methyl sites for hydroxylation is 1. The van der Waals surface area contributed by atoms with Crippen LogP contribution in [0.1, 0.15) is 52.2 Å². The smallest absolute Gasteiger partial charge is 0.366 e. The summed E-state index contributed by atoms with van der Waals surface area (Å²) in [6.07, 6.45) is -4.09. The maximum absolute atomic E-state index is 14.0. The summed E-state index contributed by atoms with van der Waals surface area (Å²) >= 11 is 6.21. The molecule has 1 aliphatic rings. The zero-order chi connectivity index (χ0) is 26.0. The molecule has 190 valence electrons. The van der Waals surface area contributed by atoms with E-state index in [4.69, 9.17) is 17.3 Å². The Balaban J connectivity index is 1.71. The summed E-state index contributed by atoms with van der Waals surface area (Å²) in [4.78, 5) is 26.1. The number of primary amides is 1. The number of alkyl halides is 3. The minimum atomic E-state index is -4.40. The van der Waals surface area contributed by atoms with Crippen molar-refractivity contribution in [3.8, 4) is 0 Å². The van der Waals surface area contributed by atoms with Gasteiger partial charge in [-0.15, -0.1) is 0 Å². The van der Waals surface area contributed by atoms with Crippen LogP contribution in [-0.2, 0) is 11.2 Å². The van der Waals surface area contributed by atoms with E-state index in [-0.39, 0.29) is 31.8 Å². The molecule has 0 aromatic heterocycles. The second-order valence-electron chi connectivity index (χ2n) is 9.61. The molecule has 2 aromatic carbocycles. The van der Waals surface area contributed by atoms with Gasteiger partial charge >= 0.3 is 6.18 Å². The second-order valence-corrected chi connectivity index (χ2v) is 10.0. The van der Waals surface area contributed by atoms with Gasteiger partial charge in [0.05, 0.1) is 5.41 Å². The molecule has 5 nitrogen and oxygen atoms in total. The summed E-state index contributed by atoms with van der Waals surface area (Å²) in [6, 6.07) is 11.7. The van der Waals surface area contributed by atoms with Crippen molar-refractivity contribution >= 4 is 23.4 Å². The molecule has 0 saturated heterocycles. The van der Waals surface area contributed by atoms with Crippen LogP contribution in [0.4, 0.5) is 13.2 Å². The Hall–Kier alpha value is -2.58. The lowest BCUT2D eigenvalue weighted by Crippen LogP contribution is -2.42. The Kier molecular flexibility index (Phi) is 8.17. The number of rotatable bonds is 10. The Labute approximate surface area is 208 Å². The molecule has 3 rings (SSSR count). The predicted octanol–water partition coefficient (Wildman–Crippen LogP) is 4.85. The van der Waals surface area contributed by atoms with E-state index in [1.54, 1.807) is 49.4 Å². The first-order chi connectivity index (χ1) is 16.3. The molecule has 0 unspecified atom stereocenters. The van der Waals surface area contributed by atoms with Crippen LogP contribution < -0.4 is 11.1 Å². The highest BCUT2D eigenvalue weighted by atomic mass is 35.5. The molecular weight excluding hydrogens is 479 g/mol. The van der Waals surface area contributed by atoms with Gasteiger partial charge in [0.25, 0.3) is 0 Å². The van der Waals surface area contributed by atoms with E-state index in [1.165, 1.54) is 0 Å². The molecule has 2 amide bonds. The molecule has 1 saturated carbocycles. The van der Waals surface area contributed by atoms with Crippen LogP contribution in [0.15, 0.2) is 42.5 Å². The van der Waals surface area contributed by atoms with Gasteiger partial charge in [0.1, 0.15) is 0 Å². The Morgan fingerprint density at radius 1 is 1.14 bits per heavy atom. The van der Waals surface area contributed by atoms with Gasteiger partial charge in [-0.05, 0) is 75.2 Å². The van der Waals surface area contributed by atoms with Gasteiger partial charge in [-0.25, -0.2) is 0 Å². The molecule has 1 aliphatic carbocycles. The number of nitrogens with two attached hydrogens (primary N) is 1. The summed E-state index contributed by atoms with van der Waals surface area (Å²) in [7, 11) is 3.74. The van der Waals surface area contributed by atoms with E-state index < -0.39 is 29.3 Å². The minimum absolute atomic E-state index is 0.00155. The van der Waals surface area contributed by atoms with E-state index in [0.29, 0.717) is 22.6 Å². The van der Waals surface area contributed by atoms with Crippen molar-refractivity contribution in [2.75, 3.05) is 20.6 Å². The van der Waals surface area contributed by atoms with Gasteiger partial charge in [0.15, 0.2) is 0 Å². The topological polar surface area (TPSA) is 75.4 Å². The first-order valence-electron chi connectivity index (χ1n) is 11.5. The fraction of sp³-hybridized carbons (Fsp3) is 0.462. The molecule has 3 N–H and O–H groups in total. The number of hydrogen-bond acceptors (Lipinski definition) is 3. The standard InChI is InChI=1S/C26H31ClF3N3O2/c1-16-4-7-19(13-22(16)27)21(25(10-11-25)26(28,29)30)14-23(34)32-15-20(33(2)3)12-17-5-8-18(9-6-17)24(31)35/h4-9,13,20-21H,10-12,14-15H2,1-3H3,(H2,31,35)(H,32,34)/t20-,21-/m0/s1. The third-order valence-electron chi connectivity index (χ3n) is 6.98. The number of amides is 2. The average Bonchev–Trinajstić information content (AvgIpc) is 3.59. The van der Waals surface area contributed by atoms with Crippen molar-refractivity contribution in [1.29, 1.82) is 0 Å². The highest BCUT2D eigenvalue weighted by molar-refractivity contribution is 6.31. The highest BCUT2D eigenvalue weighted by Gasteiger charge is 2.67. The van der Waals surface area contributed by atoms with Crippen molar-refractivity contribution in [2.45, 2.75) is 50.7 Å². The van der Waals surface area contributed by atoms with Crippen LogP contribution in [0.2, 0.25) is 5.02 Å². The molecule has 2 aromatic rings. The second kappa shape index (κ2) is 10.6. The van der Waals surface area contributed by atoms with Crippen molar-refractivity contribution in [1.82, 2.24) is 10.2 Å². The Morgan fingerprint density at radius 2 is 1.77 bits per heavy atom. The lowest BCUT2D eigenvalue weighted by atomic mass is 9.79. The van der Waals surface area contributed by atoms with E-state index in [2.05, 4.69) is 5.32 Å². The van der Waals surface area contributed by atoms with E-state index in [9.17, 15) is 22.8 Å². The fourth-order valence-electron chi connectivity index (χ4n) is 4.43. The molecule has 0 heterocycles. The predicted molar refractivity (Wildman–Crippen MR) is 130 cm³/mol. The van der Waals surface area contributed by atoms with Crippen LogP contribution >= 0.6 is 11.6 Å². The maximum atomic E-state index is 14.0. The Morgan fingerprint density at radius 3 is 2.26 bits per heavy atom. The number of carbonyl (C=O) groups excluding carboxylic acids is 2. The normalized spacial score (nSPS) is 16.6. The molecule has 0 radical (unpaired) electrons. The summed E-state index contributed by atoms with van der Waals surface area (Å²) in [5.74, 6) is -1.94. The van der Waals surface area contributed by atoms with Crippen LogP contribution in [0.5, 0.6) is 0 Å². The molecule has 1 fully saturated rings. The summed E-state index contributed by atoms with van der Waals surface area (Å²) in [5.41, 5.74) is 5.95. The molecule has 9 heteroatoms. The fourth-order valence-corrected chi connectivity index (χ4v) is 4.61. The van der Waals surface area contributed by atoms with Gasteiger partial charge in [-0.2, -0.15) is 13.2 Å². The third kappa shape index (κ3) is 6.35. The first-order valence-corrected chi connectivity index (χ1v) is 11.9. The SMILES string of the molecule is Cc1ccc([C@H](CC(=O)NC[C@H](Cc2ccc(C(N)=O)cc2)N(C)C)C2(C(F)(F)F)CC2)cc1Cl. The van der Waals surface area contributed by atoms with Crippen LogP contribution in [0.25, 0.3) is 0 Å². The number of nitrogens with zero attached hydrogens (tertiary/aromatic N) is 1. The summed E-state index contributed by atoms with van der Waals surface area (Å²) in [6.45, 7) is 2.05. The maximum Gasteiger partial charge on any atom is 0.395 e.